The van der Waals surface area contributed by atoms with Gasteiger partial charge in [-0.25, -0.2) is 9.59 Å². The van der Waals surface area contributed by atoms with Crippen molar-refractivity contribution in [2.75, 3.05) is 13.7 Å². The molecule has 2 heterocycles. The van der Waals surface area contributed by atoms with Gasteiger partial charge in [-0.05, 0) is 35.3 Å². The van der Waals surface area contributed by atoms with Gasteiger partial charge in [0, 0.05) is 26.7 Å². The summed E-state index contributed by atoms with van der Waals surface area (Å²) in [6, 6.07) is 16.2. The Kier molecular flexibility index (Phi) is 5.96. The molecule has 32 heavy (non-hydrogen) atoms. The maximum Gasteiger partial charge on any atom is 0.410 e. The zero-order chi connectivity index (χ0) is 23.2. The van der Waals surface area contributed by atoms with Crippen molar-refractivity contribution in [1.29, 1.82) is 0 Å². The van der Waals surface area contributed by atoms with Crippen LogP contribution in [0.5, 0.6) is 0 Å². The molecule has 0 saturated heterocycles. The number of carbonyl (C=O) groups excluding carboxylic acids is 2. The van der Waals surface area contributed by atoms with Gasteiger partial charge in [0.05, 0.1) is 24.9 Å². The first kappa shape index (κ1) is 20.1. The number of methoxy groups -OCH3 is 1. The smallest absolute Gasteiger partial charge is 0.410 e. The number of benzene rings is 2. The molecule has 164 valence electrons. The molecular weight excluding hydrogens is 406 g/mol. The Morgan fingerprint density at radius 1 is 1.16 bits per heavy atom. The fourth-order valence-electron chi connectivity index (χ4n) is 3.73. The molecule has 1 unspecified atom stereocenters. The van der Waals surface area contributed by atoms with Gasteiger partial charge in [0.2, 0.25) is 0 Å². The van der Waals surface area contributed by atoms with E-state index in [4.69, 9.17) is 10.8 Å². The molecule has 0 saturated carbocycles. The fraction of sp³-hybridized carbons (Fsp3) is 0.240. The minimum Gasteiger partial charge on any atom is -0.465 e. The Hall–Kier alpha value is -3.87. The average molecular weight is 432 g/mol. The number of rotatable bonds is 5. The Morgan fingerprint density at radius 2 is 1.94 bits per heavy atom. The van der Waals surface area contributed by atoms with E-state index in [1.165, 1.54) is 7.11 Å². The number of amides is 1. The van der Waals surface area contributed by atoms with Gasteiger partial charge in [-0.3, -0.25) is 9.58 Å². The third-order valence-electron chi connectivity index (χ3n) is 5.43. The number of nitrogens with zero attached hydrogens (tertiary/aromatic N) is 3. The molecule has 0 spiro atoms. The van der Waals surface area contributed by atoms with Crippen LogP contribution < -0.4 is 0 Å². The molecule has 7 nitrogen and oxygen atoms in total. The molecule has 2 aromatic carbocycles. The zero-order valence-electron chi connectivity index (χ0n) is 18.8. The quantitative estimate of drug-likeness (QED) is 0.560. The molecule has 0 aliphatic carbocycles. The number of hydrogen-bond donors (Lipinski definition) is 0. The maximum atomic E-state index is 13.0. The summed E-state index contributed by atoms with van der Waals surface area (Å²) in [7, 11) is 1.39. The predicted molar refractivity (Wildman–Crippen MR) is 120 cm³/mol. The summed E-state index contributed by atoms with van der Waals surface area (Å²) in [6.07, 6.45) is 5.82. The van der Waals surface area contributed by atoms with Crippen LogP contribution in [0.15, 0.2) is 73.1 Å². The highest BCUT2D eigenvalue weighted by molar-refractivity contribution is 5.89. The van der Waals surface area contributed by atoms with Crippen molar-refractivity contribution in [2.45, 2.75) is 19.1 Å². The Bertz CT molecular complexity index is 1140. The number of esters is 1. The lowest BCUT2D eigenvalue weighted by Gasteiger charge is -2.34. The van der Waals surface area contributed by atoms with Crippen LogP contribution in [0.3, 0.4) is 0 Å². The molecule has 0 N–H and O–H groups in total. The maximum absolute atomic E-state index is 13.0. The first-order valence-corrected chi connectivity index (χ1v) is 10.3. The minimum absolute atomic E-state index is 0.0453. The van der Waals surface area contributed by atoms with E-state index in [2.05, 4.69) is 5.10 Å². The highest BCUT2D eigenvalue weighted by Crippen LogP contribution is 2.34. The van der Waals surface area contributed by atoms with E-state index in [0.29, 0.717) is 18.5 Å². The van der Waals surface area contributed by atoms with Crippen LogP contribution >= 0.6 is 0 Å². The van der Waals surface area contributed by atoms with Crippen molar-refractivity contribution in [3.05, 3.63) is 95.3 Å². The van der Waals surface area contributed by atoms with Gasteiger partial charge >= 0.3 is 12.1 Å². The van der Waals surface area contributed by atoms with Crippen LogP contribution in [-0.4, -0.2) is 40.4 Å². The van der Waals surface area contributed by atoms with Crippen molar-refractivity contribution in [3.8, 4) is 0 Å². The van der Waals surface area contributed by atoms with E-state index in [1.807, 2.05) is 54.7 Å². The summed E-state index contributed by atoms with van der Waals surface area (Å²) in [6.45, 7) is 0.659. The monoisotopic (exact) mass is 432 g/mol. The second-order valence-electron chi connectivity index (χ2n) is 7.50. The van der Waals surface area contributed by atoms with Crippen molar-refractivity contribution >= 4 is 17.6 Å². The van der Waals surface area contributed by atoms with Crippen LogP contribution in [0.2, 0.25) is 0 Å². The first-order chi connectivity index (χ1) is 16.1. The molecule has 1 aliphatic heterocycles. The van der Waals surface area contributed by atoms with E-state index < -0.39 is 12.1 Å². The van der Waals surface area contributed by atoms with Crippen molar-refractivity contribution in [2.24, 2.45) is 7.02 Å². The highest BCUT2D eigenvalue weighted by atomic mass is 16.6. The van der Waals surface area contributed by atoms with E-state index in [-0.39, 0.29) is 19.7 Å². The largest absolute Gasteiger partial charge is 0.465 e. The Labute approximate surface area is 188 Å². The third-order valence-corrected chi connectivity index (χ3v) is 5.43. The number of aromatic nitrogens is 2. The average Bonchev–Trinajstić information content (AvgIpc) is 3.36. The van der Waals surface area contributed by atoms with Gasteiger partial charge < -0.3 is 9.47 Å². The second-order valence-corrected chi connectivity index (χ2v) is 7.50. The molecule has 1 aliphatic rings. The molecule has 7 heteroatoms. The van der Waals surface area contributed by atoms with Crippen LogP contribution in [0, 0.1) is 0 Å². The van der Waals surface area contributed by atoms with Crippen LogP contribution in [0.4, 0.5) is 4.79 Å². The fourth-order valence-corrected chi connectivity index (χ4v) is 3.73. The highest BCUT2D eigenvalue weighted by Gasteiger charge is 2.29. The molecule has 1 aromatic heterocycles. The number of aryl methyl sites for hydroxylation is 1. The van der Waals surface area contributed by atoms with Gasteiger partial charge in [-0.15, -0.1) is 0 Å². The molecule has 1 atom stereocenters. The summed E-state index contributed by atoms with van der Waals surface area (Å²) in [5.74, 6) is -0.414. The molecule has 1 amide bonds. The van der Waals surface area contributed by atoms with Crippen LogP contribution in [0.25, 0.3) is 5.57 Å². The predicted octanol–water partition coefficient (Wildman–Crippen LogP) is 4.37. The lowest BCUT2D eigenvalue weighted by molar-refractivity contribution is 0.0600. The van der Waals surface area contributed by atoms with Crippen LogP contribution in [0.1, 0.15) is 40.9 Å². The van der Waals surface area contributed by atoms with Crippen molar-refractivity contribution < 1.29 is 20.4 Å². The summed E-state index contributed by atoms with van der Waals surface area (Å²) in [4.78, 5) is 26.5. The van der Waals surface area contributed by atoms with E-state index in [9.17, 15) is 9.59 Å². The summed E-state index contributed by atoms with van der Waals surface area (Å²) in [5, 5.41) is 4.20. The van der Waals surface area contributed by atoms with E-state index in [0.717, 1.165) is 22.3 Å². The van der Waals surface area contributed by atoms with Crippen molar-refractivity contribution in [3.63, 3.8) is 0 Å². The molecule has 3 aromatic rings. The van der Waals surface area contributed by atoms with Gasteiger partial charge in [-0.1, -0.05) is 48.5 Å². The standard InChI is InChI=1S/C25H25N3O4/c1-27-16-22(15-26-27)21-12-13-28(25(30)32-17-18-6-4-3-5-7-18)23(14-21)19-8-10-20(11-9-19)24(29)31-2/h3-11,14-16,23H,12-13,17H2,1-2H3/i1D. The summed E-state index contributed by atoms with van der Waals surface area (Å²) >= 11 is 0. The third kappa shape index (κ3) is 4.72. The Morgan fingerprint density at radius 3 is 2.62 bits per heavy atom. The Balaban J connectivity index is 1.60. The van der Waals surface area contributed by atoms with Gasteiger partial charge in [0.25, 0.3) is 0 Å². The van der Waals surface area contributed by atoms with Crippen molar-refractivity contribution in [1.82, 2.24) is 14.7 Å². The topological polar surface area (TPSA) is 73.7 Å². The van der Waals surface area contributed by atoms with E-state index >= 15 is 0 Å². The lowest BCUT2D eigenvalue weighted by atomic mass is 9.93. The zero-order valence-corrected chi connectivity index (χ0v) is 17.8. The van der Waals surface area contributed by atoms with E-state index in [1.54, 1.807) is 27.9 Å². The van der Waals surface area contributed by atoms with Gasteiger partial charge in [-0.2, -0.15) is 5.10 Å². The first-order valence-electron chi connectivity index (χ1n) is 11.0. The number of ether oxygens (including phenoxy) is 2. The normalized spacial score (nSPS) is 16.2. The summed E-state index contributed by atoms with van der Waals surface area (Å²) in [5.41, 5.74) is 4.18. The molecule has 0 bridgehead atoms. The lowest BCUT2D eigenvalue weighted by Crippen LogP contribution is -2.37. The van der Waals surface area contributed by atoms with Gasteiger partial charge in [0.1, 0.15) is 6.61 Å². The number of carbonyl (C=O) groups is 2. The second kappa shape index (κ2) is 9.51. The van der Waals surface area contributed by atoms with Gasteiger partial charge in [0.15, 0.2) is 0 Å². The molecule has 0 fully saturated rings. The molecule has 4 rings (SSSR count). The minimum atomic E-state index is -0.414. The SMILES string of the molecule is [2H]Cn1cc(C2=CC(c3ccc(C(=O)OC)cc3)N(C(=O)OCc3ccccc3)CC2)cn1. The molecular formula is C25H25N3O4. The summed E-state index contributed by atoms with van der Waals surface area (Å²) < 4.78 is 19.4. The van der Waals surface area contributed by atoms with Crippen LogP contribution in [-0.2, 0) is 23.1 Å². The number of hydrogen-bond acceptors (Lipinski definition) is 5. The molecule has 0 radical (unpaired) electrons.